The smallest absolute Gasteiger partial charge is 0.211 e. The number of benzene rings is 1. The van der Waals surface area contributed by atoms with Gasteiger partial charge in [-0.05, 0) is 17.5 Å². The average Bonchev–Trinajstić information content (AvgIpc) is 2.17. The molecule has 1 rings (SSSR count). The summed E-state index contributed by atoms with van der Waals surface area (Å²) in [5, 5.41) is 0. The van der Waals surface area contributed by atoms with Crippen LogP contribution in [-0.2, 0) is 17.8 Å². The summed E-state index contributed by atoms with van der Waals surface area (Å²) in [6, 6.07) is 8.07. The lowest BCUT2D eigenvalue weighted by Gasteiger charge is -2.04. The Kier molecular flexibility index (Phi) is 3.94. The van der Waals surface area contributed by atoms with Gasteiger partial charge in [0.2, 0.25) is 6.08 Å². The minimum Gasteiger partial charge on any atom is -0.211 e. The van der Waals surface area contributed by atoms with Gasteiger partial charge < -0.3 is 0 Å². The van der Waals surface area contributed by atoms with Crippen molar-refractivity contribution in [3.05, 3.63) is 35.4 Å². The van der Waals surface area contributed by atoms with E-state index in [4.69, 9.17) is 0 Å². The SMILES string of the molecule is CCCc1ccccc1CN=C=O. The summed E-state index contributed by atoms with van der Waals surface area (Å²) in [6.45, 7) is 2.60. The molecule has 0 spiro atoms. The van der Waals surface area contributed by atoms with Gasteiger partial charge in [-0.1, -0.05) is 37.6 Å². The maximum Gasteiger partial charge on any atom is 0.235 e. The van der Waals surface area contributed by atoms with Crippen LogP contribution in [0.2, 0.25) is 0 Å². The molecule has 0 radical (unpaired) electrons. The number of carbonyl (C=O) groups excluding carboxylic acids is 1. The number of aliphatic imine (C=N–C) groups is 1. The highest BCUT2D eigenvalue weighted by atomic mass is 16.1. The van der Waals surface area contributed by atoms with Crippen LogP contribution < -0.4 is 0 Å². The minimum atomic E-state index is 0.458. The molecule has 2 nitrogen and oxygen atoms in total. The van der Waals surface area contributed by atoms with Crippen LogP contribution in [0.25, 0.3) is 0 Å². The zero-order valence-electron chi connectivity index (χ0n) is 7.79. The Labute approximate surface area is 78.3 Å². The molecule has 0 bridgehead atoms. The van der Waals surface area contributed by atoms with Crippen LogP contribution in [0.4, 0.5) is 0 Å². The molecule has 13 heavy (non-hydrogen) atoms. The predicted molar refractivity (Wildman–Crippen MR) is 52.3 cm³/mol. The van der Waals surface area contributed by atoms with Crippen LogP contribution >= 0.6 is 0 Å². The van der Waals surface area contributed by atoms with Crippen molar-refractivity contribution in [1.82, 2.24) is 0 Å². The van der Waals surface area contributed by atoms with E-state index in [1.807, 2.05) is 18.2 Å². The molecule has 1 aromatic carbocycles. The first-order chi connectivity index (χ1) is 6.38. The fourth-order valence-corrected chi connectivity index (χ4v) is 1.34. The molecule has 0 aliphatic carbocycles. The summed E-state index contributed by atoms with van der Waals surface area (Å²) in [4.78, 5) is 13.5. The second-order valence-electron chi connectivity index (χ2n) is 2.93. The Morgan fingerprint density at radius 2 is 2.00 bits per heavy atom. The standard InChI is InChI=1S/C11H13NO/c1-2-5-10-6-3-4-7-11(10)8-12-9-13/h3-4,6-7H,2,5,8H2,1H3. The fourth-order valence-electron chi connectivity index (χ4n) is 1.34. The van der Waals surface area contributed by atoms with E-state index in [0.717, 1.165) is 18.4 Å². The van der Waals surface area contributed by atoms with E-state index in [2.05, 4.69) is 18.0 Å². The van der Waals surface area contributed by atoms with Crippen LogP contribution in [0.15, 0.2) is 29.3 Å². The molecule has 0 heterocycles. The molecule has 0 N–H and O–H groups in total. The summed E-state index contributed by atoms with van der Waals surface area (Å²) in [5.41, 5.74) is 2.41. The van der Waals surface area contributed by atoms with E-state index < -0.39 is 0 Å². The summed E-state index contributed by atoms with van der Waals surface area (Å²) in [5.74, 6) is 0. The van der Waals surface area contributed by atoms with Crippen molar-refractivity contribution in [1.29, 1.82) is 0 Å². The molecule has 0 saturated carbocycles. The van der Waals surface area contributed by atoms with Crippen molar-refractivity contribution in [2.45, 2.75) is 26.3 Å². The van der Waals surface area contributed by atoms with E-state index >= 15 is 0 Å². The molecular weight excluding hydrogens is 162 g/mol. The zero-order valence-corrected chi connectivity index (χ0v) is 7.79. The highest BCUT2D eigenvalue weighted by molar-refractivity contribution is 5.35. The third-order valence-electron chi connectivity index (χ3n) is 1.95. The van der Waals surface area contributed by atoms with Crippen LogP contribution in [0.3, 0.4) is 0 Å². The van der Waals surface area contributed by atoms with Crippen molar-refractivity contribution in [2.24, 2.45) is 4.99 Å². The van der Waals surface area contributed by atoms with E-state index in [0.29, 0.717) is 6.54 Å². The fraction of sp³-hybridized carbons (Fsp3) is 0.364. The van der Waals surface area contributed by atoms with Crippen LogP contribution in [0.1, 0.15) is 24.5 Å². The van der Waals surface area contributed by atoms with Crippen molar-refractivity contribution < 1.29 is 4.79 Å². The highest BCUT2D eigenvalue weighted by Gasteiger charge is 1.98. The molecule has 0 saturated heterocycles. The van der Waals surface area contributed by atoms with E-state index in [-0.39, 0.29) is 0 Å². The lowest BCUT2D eigenvalue weighted by molar-refractivity contribution is 0.562. The molecule has 0 fully saturated rings. The molecule has 0 aromatic heterocycles. The molecule has 0 unspecified atom stereocenters. The number of nitrogens with zero attached hydrogens (tertiary/aromatic N) is 1. The topological polar surface area (TPSA) is 29.4 Å². The third-order valence-corrected chi connectivity index (χ3v) is 1.95. The summed E-state index contributed by atoms with van der Waals surface area (Å²) >= 11 is 0. The third kappa shape index (κ3) is 2.85. The molecule has 0 aliphatic heterocycles. The van der Waals surface area contributed by atoms with Gasteiger partial charge in [-0.25, -0.2) is 9.79 Å². The second-order valence-corrected chi connectivity index (χ2v) is 2.93. The lowest BCUT2D eigenvalue weighted by Crippen LogP contribution is -1.91. The molecule has 0 amide bonds. The van der Waals surface area contributed by atoms with Gasteiger partial charge in [0.15, 0.2) is 0 Å². The van der Waals surface area contributed by atoms with E-state index in [9.17, 15) is 4.79 Å². The molecule has 1 aromatic rings. The maximum absolute atomic E-state index is 9.96. The largest absolute Gasteiger partial charge is 0.235 e. The number of aryl methyl sites for hydroxylation is 1. The van der Waals surface area contributed by atoms with E-state index in [1.165, 1.54) is 5.56 Å². The van der Waals surface area contributed by atoms with Crippen LogP contribution in [-0.4, -0.2) is 6.08 Å². The maximum atomic E-state index is 9.96. The summed E-state index contributed by atoms with van der Waals surface area (Å²) < 4.78 is 0. The number of isocyanates is 1. The van der Waals surface area contributed by atoms with Gasteiger partial charge in [0, 0.05) is 0 Å². The summed E-state index contributed by atoms with van der Waals surface area (Å²) in [6.07, 6.45) is 3.72. The first-order valence-corrected chi connectivity index (χ1v) is 4.49. The highest BCUT2D eigenvalue weighted by Crippen LogP contribution is 2.11. The zero-order chi connectivity index (χ0) is 9.52. The number of hydrogen-bond donors (Lipinski definition) is 0. The molecule has 0 atom stereocenters. The average molecular weight is 175 g/mol. The Bertz CT molecular complexity index is 314. The summed E-state index contributed by atoms with van der Waals surface area (Å²) in [7, 11) is 0. The first-order valence-electron chi connectivity index (χ1n) is 4.49. The molecule has 0 aliphatic rings. The second kappa shape index (κ2) is 5.28. The lowest BCUT2D eigenvalue weighted by atomic mass is 10.0. The van der Waals surface area contributed by atoms with E-state index in [1.54, 1.807) is 6.08 Å². The van der Waals surface area contributed by atoms with Gasteiger partial charge >= 0.3 is 0 Å². The van der Waals surface area contributed by atoms with Gasteiger partial charge in [-0.15, -0.1) is 0 Å². The van der Waals surface area contributed by atoms with Gasteiger partial charge in [-0.3, -0.25) is 0 Å². The number of hydrogen-bond acceptors (Lipinski definition) is 2. The van der Waals surface area contributed by atoms with Crippen molar-refractivity contribution in [2.75, 3.05) is 0 Å². The van der Waals surface area contributed by atoms with Gasteiger partial charge in [0.25, 0.3) is 0 Å². The monoisotopic (exact) mass is 175 g/mol. The minimum absolute atomic E-state index is 0.458. The quantitative estimate of drug-likeness (QED) is 0.510. The van der Waals surface area contributed by atoms with Gasteiger partial charge in [-0.2, -0.15) is 0 Å². The predicted octanol–water partition coefficient (Wildman–Crippen LogP) is 2.47. The molecule has 2 heteroatoms. The normalized spacial score (nSPS) is 9.31. The first kappa shape index (κ1) is 9.69. The Morgan fingerprint density at radius 3 is 2.62 bits per heavy atom. The molecular formula is C11H13NO. The Balaban J connectivity index is 2.83. The Morgan fingerprint density at radius 1 is 1.31 bits per heavy atom. The van der Waals surface area contributed by atoms with Gasteiger partial charge in [0.1, 0.15) is 0 Å². The van der Waals surface area contributed by atoms with Crippen LogP contribution in [0, 0.1) is 0 Å². The van der Waals surface area contributed by atoms with Crippen molar-refractivity contribution in [3.63, 3.8) is 0 Å². The molecule has 68 valence electrons. The van der Waals surface area contributed by atoms with Gasteiger partial charge in [0.05, 0.1) is 6.54 Å². The Hall–Kier alpha value is -1.40. The van der Waals surface area contributed by atoms with Crippen molar-refractivity contribution in [3.8, 4) is 0 Å². The van der Waals surface area contributed by atoms with Crippen molar-refractivity contribution >= 4 is 6.08 Å². The number of rotatable bonds is 4. The van der Waals surface area contributed by atoms with Crippen LogP contribution in [0.5, 0.6) is 0 Å².